The highest BCUT2D eigenvalue weighted by Gasteiger charge is 2.08. The van der Waals surface area contributed by atoms with Crippen molar-refractivity contribution in [1.29, 1.82) is 0 Å². The van der Waals surface area contributed by atoms with Crippen LogP contribution in [0, 0.1) is 6.92 Å². The van der Waals surface area contributed by atoms with Crippen LogP contribution in [0.2, 0.25) is 0 Å². The number of hydrogen-bond acceptors (Lipinski definition) is 2. The van der Waals surface area contributed by atoms with E-state index < -0.39 is 0 Å². The molecule has 0 aliphatic rings. The number of aryl methyl sites for hydroxylation is 2. The van der Waals surface area contributed by atoms with Gasteiger partial charge in [-0.15, -0.1) is 0 Å². The van der Waals surface area contributed by atoms with E-state index >= 15 is 0 Å². The zero-order chi connectivity index (χ0) is 9.84. The molecule has 3 heteroatoms. The fourth-order valence-electron chi connectivity index (χ4n) is 1.42. The van der Waals surface area contributed by atoms with E-state index in [1.807, 2.05) is 18.5 Å². The van der Waals surface area contributed by atoms with Crippen LogP contribution in [0.1, 0.15) is 44.1 Å². The van der Waals surface area contributed by atoms with Crippen molar-refractivity contribution in [3.8, 4) is 0 Å². The van der Waals surface area contributed by atoms with E-state index in [2.05, 4.69) is 18.1 Å². The van der Waals surface area contributed by atoms with E-state index in [1.54, 1.807) is 0 Å². The van der Waals surface area contributed by atoms with Crippen LogP contribution in [-0.2, 0) is 6.54 Å². The van der Waals surface area contributed by atoms with Crippen molar-refractivity contribution < 1.29 is 0 Å². The molecule has 0 saturated carbocycles. The number of aromatic nitrogens is 2. The van der Waals surface area contributed by atoms with Gasteiger partial charge in [-0.25, -0.2) is 0 Å². The van der Waals surface area contributed by atoms with Gasteiger partial charge in [-0.05, 0) is 26.3 Å². The van der Waals surface area contributed by atoms with Gasteiger partial charge in [0.05, 0.1) is 11.4 Å². The van der Waals surface area contributed by atoms with Crippen molar-refractivity contribution in [3.05, 3.63) is 17.5 Å². The monoisotopic (exact) mass is 181 g/mol. The Morgan fingerprint density at radius 3 is 2.85 bits per heavy atom. The molecule has 0 amide bonds. The maximum absolute atomic E-state index is 5.84. The Bertz CT molecular complexity index is 263. The minimum atomic E-state index is 0.0815. The summed E-state index contributed by atoms with van der Waals surface area (Å²) in [6.45, 7) is 7.18. The average Bonchev–Trinajstić information content (AvgIpc) is 2.43. The summed E-state index contributed by atoms with van der Waals surface area (Å²) in [5.74, 6) is 0. The summed E-state index contributed by atoms with van der Waals surface area (Å²) in [6.07, 6.45) is 2.36. The lowest BCUT2D eigenvalue weighted by Crippen LogP contribution is -2.13. The Labute approximate surface area is 79.9 Å². The second-order valence-electron chi connectivity index (χ2n) is 3.58. The first-order valence-corrected chi connectivity index (χ1v) is 4.95. The van der Waals surface area contributed by atoms with E-state index in [4.69, 9.17) is 5.73 Å². The van der Waals surface area contributed by atoms with Crippen molar-refractivity contribution in [3.63, 3.8) is 0 Å². The lowest BCUT2D eigenvalue weighted by atomic mass is 10.2. The van der Waals surface area contributed by atoms with Crippen LogP contribution in [0.5, 0.6) is 0 Å². The summed E-state index contributed by atoms with van der Waals surface area (Å²) in [4.78, 5) is 0. The maximum atomic E-state index is 5.84. The third kappa shape index (κ3) is 2.56. The van der Waals surface area contributed by atoms with Crippen LogP contribution in [-0.4, -0.2) is 9.78 Å². The summed E-state index contributed by atoms with van der Waals surface area (Å²) in [7, 11) is 0. The van der Waals surface area contributed by atoms with Crippen molar-refractivity contribution in [2.75, 3.05) is 0 Å². The first kappa shape index (κ1) is 10.3. The Kier molecular flexibility index (Phi) is 3.48. The summed E-state index contributed by atoms with van der Waals surface area (Å²) < 4.78 is 2.03. The molecule has 1 heterocycles. The summed E-state index contributed by atoms with van der Waals surface area (Å²) in [5.41, 5.74) is 8.04. The number of unbranched alkanes of at least 4 members (excludes halogenated alkanes) is 1. The van der Waals surface area contributed by atoms with Crippen molar-refractivity contribution in [1.82, 2.24) is 9.78 Å². The Morgan fingerprint density at radius 2 is 2.31 bits per heavy atom. The predicted molar refractivity (Wildman–Crippen MR) is 54.5 cm³/mol. The molecule has 0 radical (unpaired) electrons. The molecule has 2 N–H and O–H groups in total. The molecule has 1 aromatic rings. The fraction of sp³-hybridized carbons (Fsp3) is 0.700. The molecular weight excluding hydrogens is 162 g/mol. The molecule has 1 aromatic heterocycles. The highest BCUT2D eigenvalue weighted by molar-refractivity contribution is 5.11. The molecule has 74 valence electrons. The van der Waals surface area contributed by atoms with Crippen LogP contribution >= 0.6 is 0 Å². The molecular formula is C10H19N3. The number of nitrogens with zero attached hydrogens (tertiary/aromatic N) is 2. The first-order chi connectivity index (χ1) is 6.15. The quantitative estimate of drug-likeness (QED) is 0.772. The lowest BCUT2D eigenvalue weighted by molar-refractivity contribution is 0.529. The fourth-order valence-corrected chi connectivity index (χ4v) is 1.42. The van der Waals surface area contributed by atoms with E-state index in [-0.39, 0.29) is 6.04 Å². The molecule has 3 nitrogen and oxygen atoms in total. The van der Waals surface area contributed by atoms with Crippen molar-refractivity contribution in [2.45, 2.75) is 46.2 Å². The standard InChI is InChI=1S/C10H19N3/c1-4-5-6-13-10(9(3)11)7-8(2)12-13/h7,9H,4-6,11H2,1-3H3/t9-/m1/s1. The van der Waals surface area contributed by atoms with E-state index in [0.717, 1.165) is 17.9 Å². The molecule has 0 aliphatic carbocycles. The minimum absolute atomic E-state index is 0.0815. The number of nitrogens with two attached hydrogens (primary N) is 1. The van der Waals surface area contributed by atoms with Gasteiger partial charge in [0.25, 0.3) is 0 Å². The molecule has 1 atom stereocenters. The molecule has 1 rings (SSSR count). The number of hydrogen-bond donors (Lipinski definition) is 1. The second-order valence-corrected chi connectivity index (χ2v) is 3.58. The van der Waals surface area contributed by atoms with Crippen molar-refractivity contribution in [2.24, 2.45) is 5.73 Å². The molecule has 0 aromatic carbocycles. The Morgan fingerprint density at radius 1 is 1.62 bits per heavy atom. The molecule has 0 saturated heterocycles. The molecule has 0 bridgehead atoms. The van der Waals surface area contributed by atoms with Crippen LogP contribution in [0.3, 0.4) is 0 Å². The van der Waals surface area contributed by atoms with Crippen LogP contribution < -0.4 is 5.73 Å². The zero-order valence-corrected chi connectivity index (χ0v) is 8.75. The van der Waals surface area contributed by atoms with E-state index in [9.17, 15) is 0 Å². The van der Waals surface area contributed by atoms with Gasteiger partial charge >= 0.3 is 0 Å². The van der Waals surface area contributed by atoms with E-state index in [0.29, 0.717) is 0 Å². The minimum Gasteiger partial charge on any atom is -0.323 e. The van der Waals surface area contributed by atoms with Crippen LogP contribution in [0.25, 0.3) is 0 Å². The van der Waals surface area contributed by atoms with Gasteiger partial charge in [0.1, 0.15) is 0 Å². The van der Waals surface area contributed by atoms with Gasteiger partial charge in [-0.1, -0.05) is 13.3 Å². The molecule has 0 fully saturated rings. The van der Waals surface area contributed by atoms with Gasteiger partial charge in [0.2, 0.25) is 0 Å². The van der Waals surface area contributed by atoms with Crippen LogP contribution in [0.15, 0.2) is 6.07 Å². The summed E-state index contributed by atoms with van der Waals surface area (Å²) in [5, 5.41) is 4.41. The van der Waals surface area contributed by atoms with Gasteiger partial charge in [0, 0.05) is 12.6 Å². The normalized spacial score (nSPS) is 13.2. The maximum Gasteiger partial charge on any atom is 0.0597 e. The molecule has 0 aliphatic heterocycles. The predicted octanol–water partition coefficient (Wildman–Crippen LogP) is 2.01. The zero-order valence-electron chi connectivity index (χ0n) is 8.75. The number of rotatable bonds is 4. The van der Waals surface area contributed by atoms with Gasteiger partial charge in [-0.2, -0.15) is 5.10 Å². The molecule has 0 unspecified atom stereocenters. The highest BCUT2D eigenvalue weighted by Crippen LogP contribution is 2.12. The van der Waals surface area contributed by atoms with Gasteiger partial charge in [-0.3, -0.25) is 4.68 Å². The van der Waals surface area contributed by atoms with Gasteiger partial charge in [0.15, 0.2) is 0 Å². The average molecular weight is 181 g/mol. The molecule has 13 heavy (non-hydrogen) atoms. The summed E-state index contributed by atoms with van der Waals surface area (Å²) in [6, 6.07) is 2.15. The molecule has 0 spiro atoms. The van der Waals surface area contributed by atoms with Gasteiger partial charge < -0.3 is 5.73 Å². The highest BCUT2D eigenvalue weighted by atomic mass is 15.3. The van der Waals surface area contributed by atoms with Crippen LogP contribution in [0.4, 0.5) is 0 Å². The third-order valence-electron chi connectivity index (χ3n) is 2.12. The smallest absolute Gasteiger partial charge is 0.0597 e. The Hall–Kier alpha value is -0.830. The van der Waals surface area contributed by atoms with E-state index in [1.165, 1.54) is 12.8 Å². The Balaban J connectivity index is 2.78. The summed E-state index contributed by atoms with van der Waals surface area (Å²) >= 11 is 0. The second kappa shape index (κ2) is 4.42. The SMILES string of the molecule is CCCCn1nc(C)cc1[C@@H](C)N. The lowest BCUT2D eigenvalue weighted by Gasteiger charge is -2.08. The first-order valence-electron chi connectivity index (χ1n) is 4.95. The van der Waals surface area contributed by atoms with Crippen molar-refractivity contribution >= 4 is 0 Å². The topological polar surface area (TPSA) is 43.8 Å². The third-order valence-corrected chi connectivity index (χ3v) is 2.12. The largest absolute Gasteiger partial charge is 0.323 e.